The van der Waals surface area contributed by atoms with Gasteiger partial charge in [-0.1, -0.05) is 30.3 Å². The molecule has 0 spiro atoms. The molecule has 2 aromatic carbocycles. The van der Waals surface area contributed by atoms with E-state index in [4.69, 9.17) is 10.5 Å². The van der Waals surface area contributed by atoms with E-state index >= 15 is 0 Å². The maximum Gasteiger partial charge on any atom is 0.350 e. The van der Waals surface area contributed by atoms with Crippen LogP contribution < -0.4 is 16.2 Å². The molecule has 3 aromatic rings. The fourth-order valence-corrected chi connectivity index (χ4v) is 2.40. The molecule has 0 fully saturated rings. The predicted octanol–water partition coefficient (Wildman–Crippen LogP) is 2.43. The Hall–Kier alpha value is -3.19. The van der Waals surface area contributed by atoms with E-state index in [1.54, 1.807) is 24.3 Å². The second-order valence-corrected chi connectivity index (χ2v) is 5.68. The molecule has 6 nitrogen and oxygen atoms in total. The van der Waals surface area contributed by atoms with Crippen molar-refractivity contribution in [3.8, 4) is 11.4 Å². The van der Waals surface area contributed by atoms with Gasteiger partial charge in [0.1, 0.15) is 18.7 Å². The summed E-state index contributed by atoms with van der Waals surface area (Å²) in [4.78, 5) is 12.4. The van der Waals surface area contributed by atoms with E-state index in [-0.39, 0.29) is 18.8 Å². The maximum absolute atomic E-state index is 12.6. The van der Waals surface area contributed by atoms with Crippen molar-refractivity contribution < 1.29 is 9.13 Å². The van der Waals surface area contributed by atoms with Gasteiger partial charge in [0.05, 0.1) is 18.6 Å². The Morgan fingerprint density at radius 2 is 1.88 bits per heavy atom. The molecule has 0 aliphatic rings. The third-order valence-electron chi connectivity index (χ3n) is 3.87. The number of halogens is 1. The van der Waals surface area contributed by atoms with Crippen LogP contribution in [0.1, 0.15) is 5.56 Å². The lowest BCUT2D eigenvalue weighted by Gasteiger charge is -2.07. The van der Waals surface area contributed by atoms with E-state index in [1.165, 1.54) is 10.9 Å². The second-order valence-electron chi connectivity index (χ2n) is 5.68. The molecule has 3 rings (SSSR count). The highest BCUT2D eigenvalue weighted by Gasteiger charge is 2.08. The van der Waals surface area contributed by atoms with Crippen LogP contribution in [0.25, 0.3) is 5.69 Å². The van der Waals surface area contributed by atoms with E-state index in [0.29, 0.717) is 29.9 Å². The van der Waals surface area contributed by atoms with Crippen LogP contribution in [-0.2, 0) is 13.2 Å². The molecule has 0 amide bonds. The smallest absolute Gasteiger partial charge is 0.350 e. The standard InChI is InChI=1S/C19H19FN4O2/c20-10-16(11-21)12-24-19(25)23(14-22-24)17-6-8-18(9-7-17)26-13-15-4-2-1-3-5-15/h1-10,14H,11-13,21H2/b16-10-. The average Bonchev–Trinajstić information content (AvgIpc) is 3.06. The van der Waals surface area contributed by atoms with Gasteiger partial charge in [-0.05, 0) is 35.4 Å². The molecular weight excluding hydrogens is 335 g/mol. The van der Waals surface area contributed by atoms with Crippen LogP contribution in [0.15, 0.2) is 77.6 Å². The SMILES string of the molecule is NC/C(=C/F)Cn1ncn(-c2ccc(OCc3ccccc3)cc2)c1=O. The summed E-state index contributed by atoms with van der Waals surface area (Å²) in [5, 5.41) is 4.00. The first-order valence-electron chi connectivity index (χ1n) is 8.11. The Kier molecular flexibility index (Phi) is 5.60. The van der Waals surface area contributed by atoms with Gasteiger partial charge in [-0.3, -0.25) is 0 Å². The zero-order chi connectivity index (χ0) is 18.4. The molecule has 1 aromatic heterocycles. The van der Waals surface area contributed by atoms with E-state index in [1.807, 2.05) is 30.3 Å². The van der Waals surface area contributed by atoms with Crippen LogP contribution in [-0.4, -0.2) is 20.9 Å². The number of hydrogen-bond donors (Lipinski definition) is 1. The first kappa shape index (κ1) is 17.6. The van der Waals surface area contributed by atoms with Gasteiger partial charge < -0.3 is 10.5 Å². The van der Waals surface area contributed by atoms with Crippen molar-refractivity contribution in [1.29, 1.82) is 0 Å². The third kappa shape index (κ3) is 4.07. The van der Waals surface area contributed by atoms with Crippen LogP contribution in [0.5, 0.6) is 5.75 Å². The summed E-state index contributed by atoms with van der Waals surface area (Å²) in [5.41, 5.74) is 7.06. The average molecular weight is 354 g/mol. The molecule has 134 valence electrons. The molecule has 2 N–H and O–H groups in total. The van der Waals surface area contributed by atoms with Crippen molar-refractivity contribution in [3.63, 3.8) is 0 Å². The minimum Gasteiger partial charge on any atom is -0.489 e. The molecule has 0 aliphatic heterocycles. The summed E-state index contributed by atoms with van der Waals surface area (Å²) < 4.78 is 20.9. The van der Waals surface area contributed by atoms with Gasteiger partial charge in [0, 0.05) is 6.54 Å². The van der Waals surface area contributed by atoms with Crippen LogP contribution in [0.3, 0.4) is 0 Å². The summed E-state index contributed by atoms with van der Waals surface area (Å²) in [7, 11) is 0. The van der Waals surface area contributed by atoms with Gasteiger partial charge in [0.15, 0.2) is 0 Å². The molecule has 0 saturated carbocycles. The first-order chi connectivity index (χ1) is 12.7. The molecule has 0 atom stereocenters. The molecule has 1 heterocycles. The van der Waals surface area contributed by atoms with Gasteiger partial charge in [-0.25, -0.2) is 18.4 Å². The van der Waals surface area contributed by atoms with Crippen LogP contribution >= 0.6 is 0 Å². The zero-order valence-electron chi connectivity index (χ0n) is 14.1. The van der Waals surface area contributed by atoms with Crippen LogP contribution in [0.2, 0.25) is 0 Å². The highest BCUT2D eigenvalue weighted by Crippen LogP contribution is 2.16. The molecule has 0 radical (unpaired) electrons. The molecule has 7 heteroatoms. The maximum atomic E-state index is 12.6. The lowest BCUT2D eigenvalue weighted by atomic mass is 10.2. The lowest BCUT2D eigenvalue weighted by molar-refractivity contribution is 0.306. The number of nitrogens with two attached hydrogens (primary N) is 1. The van der Waals surface area contributed by atoms with Gasteiger partial charge in [-0.2, -0.15) is 5.10 Å². The minimum absolute atomic E-state index is 0.0249. The summed E-state index contributed by atoms with van der Waals surface area (Å²) in [6, 6.07) is 17.0. The Labute approximate surface area is 149 Å². The number of ether oxygens (including phenoxy) is 1. The van der Waals surface area contributed by atoms with E-state index in [0.717, 1.165) is 10.2 Å². The van der Waals surface area contributed by atoms with Crippen molar-refractivity contribution >= 4 is 0 Å². The molecule has 0 bridgehead atoms. The minimum atomic E-state index is -0.365. The fraction of sp³-hybridized carbons (Fsp3) is 0.158. The summed E-state index contributed by atoms with van der Waals surface area (Å²) in [5.74, 6) is 0.698. The normalized spacial score (nSPS) is 11.5. The lowest BCUT2D eigenvalue weighted by Crippen LogP contribution is -2.25. The molecule has 0 aliphatic carbocycles. The fourth-order valence-electron chi connectivity index (χ4n) is 2.40. The number of aromatic nitrogens is 3. The first-order valence-corrected chi connectivity index (χ1v) is 8.11. The summed E-state index contributed by atoms with van der Waals surface area (Å²) in [6.45, 7) is 0.524. The topological polar surface area (TPSA) is 75.1 Å². The number of rotatable bonds is 7. The van der Waals surface area contributed by atoms with Crippen molar-refractivity contribution in [1.82, 2.24) is 14.3 Å². The van der Waals surface area contributed by atoms with Gasteiger partial charge in [0.25, 0.3) is 0 Å². The predicted molar refractivity (Wildman–Crippen MR) is 96.8 cm³/mol. The molecule has 0 saturated heterocycles. The quantitative estimate of drug-likeness (QED) is 0.707. The van der Waals surface area contributed by atoms with E-state index in [2.05, 4.69) is 5.10 Å². The molecule has 26 heavy (non-hydrogen) atoms. The number of benzene rings is 2. The van der Waals surface area contributed by atoms with Crippen molar-refractivity contribution in [2.75, 3.05) is 6.54 Å². The van der Waals surface area contributed by atoms with Gasteiger partial charge >= 0.3 is 5.69 Å². The second kappa shape index (κ2) is 8.26. The van der Waals surface area contributed by atoms with Crippen molar-refractivity contribution in [2.24, 2.45) is 5.73 Å². The van der Waals surface area contributed by atoms with Crippen molar-refractivity contribution in [2.45, 2.75) is 13.2 Å². The monoisotopic (exact) mass is 354 g/mol. The number of hydrogen-bond acceptors (Lipinski definition) is 4. The Morgan fingerprint density at radius 3 is 2.54 bits per heavy atom. The molecule has 0 unspecified atom stereocenters. The van der Waals surface area contributed by atoms with Gasteiger partial charge in [0.2, 0.25) is 0 Å². The summed E-state index contributed by atoms with van der Waals surface area (Å²) >= 11 is 0. The third-order valence-corrected chi connectivity index (χ3v) is 3.87. The Bertz CT molecular complexity index is 930. The van der Waals surface area contributed by atoms with E-state index in [9.17, 15) is 9.18 Å². The zero-order valence-corrected chi connectivity index (χ0v) is 14.1. The highest BCUT2D eigenvalue weighted by atomic mass is 19.1. The molecular formula is C19H19FN4O2. The van der Waals surface area contributed by atoms with Crippen molar-refractivity contribution in [3.05, 3.63) is 88.9 Å². The largest absolute Gasteiger partial charge is 0.489 e. The van der Waals surface area contributed by atoms with Gasteiger partial charge in [-0.15, -0.1) is 0 Å². The van der Waals surface area contributed by atoms with Crippen LogP contribution in [0.4, 0.5) is 4.39 Å². The summed E-state index contributed by atoms with van der Waals surface area (Å²) in [6.07, 6.45) is 1.80. The highest BCUT2D eigenvalue weighted by molar-refractivity contribution is 5.37. The number of nitrogens with zero attached hydrogens (tertiary/aromatic N) is 3. The van der Waals surface area contributed by atoms with E-state index < -0.39 is 0 Å². The Morgan fingerprint density at radius 1 is 1.15 bits per heavy atom. The van der Waals surface area contributed by atoms with Crippen LogP contribution in [0, 0.1) is 0 Å². The Balaban J connectivity index is 1.71.